The molecule has 0 radical (unpaired) electrons. The zero-order valence-electron chi connectivity index (χ0n) is 11.0. The van der Waals surface area contributed by atoms with Crippen molar-refractivity contribution in [3.8, 4) is 0 Å². The van der Waals surface area contributed by atoms with Crippen molar-refractivity contribution in [1.82, 2.24) is 4.90 Å². The first-order valence-electron chi connectivity index (χ1n) is 6.46. The highest BCUT2D eigenvalue weighted by molar-refractivity contribution is 5.72. The Bertz CT molecular complexity index is 284. The SMILES string of the molecule is CCOC(=O)[C@H]1CCCN(CCOCC(F)(F)F)C1. The average molecular weight is 283 g/mol. The molecule has 0 bridgehead atoms. The van der Waals surface area contributed by atoms with Gasteiger partial charge in [0.15, 0.2) is 0 Å². The van der Waals surface area contributed by atoms with Gasteiger partial charge in [0.1, 0.15) is 6.61 Å². The number of likely N-dealkylation sites (tertiary alicyclic amines) is 1. The quantitative estimate of drug-likeness (QED) is 0.551. The minimum absolute atomic E-state index is 0.0229. The molecule has 0 unspecified atom stereocenters. The van der Waals surface area contributed by atoms with Crippen molar-refractivity contribution < 1.29 is 27.4 Å². The van der Waals surface area contributed by atoms with Crippen LogP contribution in [0.25, 0.3) is 0 Å². The third-order valence-electron chi connectivity index (χ3n) is 2.94. The van der Waals surface area contributed by atoms with Gasteiger partial charge in [-0.3, -0.25) is 4.79 Å². The maximum Gasteiger partial charge on any atom is 0.411 e. The molecule has 4 nitrogen and oxygen atoms in total. The molecule has 0 aromatic carbocycles. The van der Waals surface area contributed by atoms with Crippen molar-refractivity contribution in [1.29, 1.82) is 0 Å². The molecule has 0 spiro atoms. The normalized spacial score (nSPS) is 21.4. The molecule has 1 aliphatic heterocycles. The second-order valence-corrected chi connectivity index (χ2v) is 4.56. The van der Waals surface area contributed by atoms with Gasteiger partial charge >= 0.3 is 12.1 Å². The van der Waals surface area contributed by atoms with E-state index in [-0.39, 0.29) is 18.5 Å². The molecule has 0 amide bonds. The van der Waals surface area contributed by atoms with Gasteiger partial charge in [0.25, 0.3) is 0 Å². The Hall–Kier alpha value is -0.820. The Morgan fingerprint density at radius 2 is 2.16 bits per heavy atom. The first-order valence-corrected chi connectivity index (χ1v) is 6.46. The summed E-state index contributed by atoms with van der Waals surface area (Å²) < 4.78 is 45.1. The highest BCUT2D eigenvalue weighted by atomic mass is 19.4. The third kappa shape index (κ3) is 6.77. The van der Waals surface area contributed by atoms with E-state index in [1.165, 1.54) is 0 Å². The molecular formula is C12H20F3NO3. The second-order valence-electron chi connectivity index (χ2n) is 4.56. The summed E-state index contributed by atoms with van der Waals surface area (Å²) in [6.07, 6.45) is -2.66. The number of esters is 1. The number of hydrogen-bond acceptors (Lipinski definition) is 4. The van der Waals surface area contributed by atoms with Crippen LogP contribution < -0.4 is 0 Å². The van der Waals surface area contributed by atoms with E-state index in [2.05, 4.69) is 4.74 Å². The zero-order chi connectivity index (χ0) is 14.3. The van der Waals surface area contributed by atoms with Crippen LogP contribution in [0.15, 0.2) is 0 Å². The molecule has 1 rings (SSSR count). The lowest BCUT2D eigenvalue weighted by atomic mass is 9.98. The second kappa shape index (κ2) is 7.69. The number of carbonyl (C=O) groups excluding carboxylic acids is 1. The molecule has 112 valence electrons. The van der Waals surface area contributed by atoms with Crippen LogP contribution in [0.4, 0.5) is 13.2 Å². The molecule has 1 atom stereocenters. The van der Waals surface area contributed by atoms with Crippen molar-refractivity contribution in [2.45, 2.75) is 25.9 Å². The predicted molar refractivity (Wildman–Crippen MR) is 62.7 cm³/mol. The van der Waals surface area contributed by atoms with E-state index in [4.69, 9.17) is 4.74 Å². The van der Waals surface area contributed by atoms with Gasteiger partial charge in [0, 0.05) is 13.1 Å². The van der Waals surface area contributed by atoms with E-state index in [0.29, 0.717) is 19.7 Å². The van der Waals surface area contributed by atoms with Gasteiger partial charge in [-0.15, -0.1) is 0 Å². The van der Waals surface area contributed by atoms with Gasteiger partial charge in [0.05, 0.1) is 19.1 Å². The fraction of sp³-hybridized carbons (Fsp3) is 0.917. The molecule has 0 saturated carbocycles. The first-order chi connectivity index (χ1) is 8.92. The van der Waals surface area contributed by atoms with Gasteiger partial charge in [-0.05, 0) is 26.3 Å². The van der Waals surface area contributed by atoms with Crippen molar-refractivity contribution in [2.75, 3.05) is 39.5 Å². The Morgan fingerprint density at radius 1 is 1.42 bits per heavy atom. The number of ether oxygens (including phenoxy) is 2. The van der Waals surface area contributed by atoms with E-state index < -0.39 is 12.8 Å². The van der Waals surface area contributed by atoms with Crippen LogP contribution in [-0.2, 0) is 14.3 Å². The average Bonchev–Trinajstić information content (AvgIpc) is 2.34. The van der Waals surface area contributed by atoms with Crippen molar-refractivity contribution >= 4 is 5.97 Å². The van der Waals surface area contributed by atoms with Crippen LogP contribution in [0, 0.1) is 5.92 Å². The van der Waals surface area contributed by atoms with Crippen molar-refractivity contribution in [2.24, 2.45) is 5.92 Å². The molecule has 1 fully saturated rings. The summed E-state index contributed by atoms with van der Waals surface area (Å²) in [6.45, 7) is 2.64. The highest BCUT2D eigenvalue weighted by Crippen LogP contribution is 2.18. The smallest absolute Gasteiger partial charge is 0.411 e. The van der Waals surface area contributed by atoms with Crippen LogP contribution in [0.1, 0.15) is 19.8 Å². The van der Waals surface area contributed by atoms with Crippen LogP contribution in [0.5, 0.6) is 0 Å². The van der Waals surface area contributed by atoms with Gasteiger partial charge in [-0.2, -0.15) is 13.2 Å². The fourth-order valence-electron chi connectivity index (χ4n) is 2.09. The number of alkyl halides is 3. The van der Waals surface area contributed by atoms with Gasteiger partial charge in [0.2, 0.25) is 0 Å². The van der Waals surface area contributed by atoms with E-state index in [9.17, 15) is 18.0 Å². The molecule has 0 aromatic rings. The first kappa shape index (κ1) is 16.2. The highest BCUT2D eigenvalue weighted by Gasteiger charge is 2.28. The maximum atomic E-state index is 11.9. The van der Waals surface area contributed by atoms with E-state index in [1.807, 2.05) is 4.90 Å². The van der Waals surface area contributed by atoms with Gasteiger partial charge < -0.3 is 14.4 Å². The zero-order valence-corrected chi connectivity index (χ0v) is 11.0. The lowest BCUT2D eigenvalue weighted by Crippen LogP contribution is -2.41. The predicted octanol–water partition coefficient (Wildman–Crippen LogP) is 1.84. The van der Waals surface area contributed by atoms with Crippen LogP contribution in [0.3, 0.4) is 0 Å². The minimum Gasteiger partial charge on any atom is -0.466 e. The number of nitrogens with zero attached hydrogens (tertiary/aromatic N) is 1. The standard InChI is InChI=1S/C12H20F3NO3/c1-2-19-11(17)10-4-3-5-16(8-10)6-7-18-9-12(13,14)15/h10H,2-9H2,1H3/t10-/m0/s1. The van der Waals surface area contributed by atoms with E-state index in [1.54, 1.807) is 6.92 Å². The summed E-state index contributed by atoms with van der Waals surface area (Å²) in [7, 11) is 0. The third-order valence-corrected chi connectivity index (χ3v) is 2.94. The molecule has 19 heavy (non-hydrogen) atoms. The van der Waals surface area contributed by atoms with Crippen LogP contribution in [0.2, 0.25) is 0 Å². The monoisotopic (exact) mass is 283 g/mol. The topological polar surface area (TPSA) is 38.8 Å². The maximum absolute atomic E-state index is 11.9. The van der Waals surface area contributed by atoms with Crippen molar-refractivity contribution in [3.63, 3.8) is 0 Å². The van der Waals surface area contributed by atoms with Crippen LogP contribution in [-0.4, -0.2) is 56.5 Å². The van der Waals surface area contributed by atoms with Gasteiger partial charge in [-0.1, -0.05) is 0 Å². The minimum atomic E-state index is -4.28. The summed E-state index contributed by atoms with van der Waals surface area (Å²) >= 11 is 0. The Kier molecular flexibility index (Phi) is 6.57. The van der Waals surface area contributed by atoms with Crippen molar-refractivity contribution in [3.05, 3.63) is 0 Å². The lowest BCUT2D eigenvalue weighted by molar-refractivity contribution is -0.174. The van der Waals surface area contributed by atoms with Crippen LogP contribution >= 0.6 is 0 Å². The Morgan fingerprint density at radius 3 is 2.79 bits per heavy atom. The summed E-state index contributed by atoms with van der Waals surface area (Å²) in [6, 6.07) is 0. The molecule has 0 aromatic heterocycles. The number of halogens is 3. The fourth-order valence-corrected chi connectivity index (χ4v) is 2.09. The van der Waals surface area contributed by atoms with E-state index >= 15 is 0 Å². The summed E-state index contributed by atoms with van der Waals surface area (Å²) in [5.41, 5.74) is 0. The molecule has 0 aliphatic carbocycles. The number of piperidine rings is 1. The molecule has 0 N–H and O–H groups in total. The number of rotatable bonds is 6. The number of hydrogen-bond donors (Lipinski definition) is 0. The Labute approximate surface area is 110 Å². The molecule has 1 heterocycles. The molecule has 1 saturated heterocycles. The Balaban J connectivity index is 2.22. The lowest BCUT2D eigenvalue weighted by Gasteiger charge is -2.31. The molecule has 7 heteroatoms. The number of carbonyl (C=O) groups is 1. The van der Waals surface area contributed by atoms with E-state index in [0.717, 1.165) is 19.4 Å². The summed E-state index contributed by atoms with van der Waals surface area (Å²) in [5, 5.41) is 0. The summed E-state index contributed by atoms with van der Waals surface area (Å²) in [4.78, 5) is 13.5. The molecule has 1 aliphatic rings. The molecular weight excluding hydrogens is 263 g/mol. The largest absolute Gasteiger partial charge is 0.466 e. The summed E-state index contributed by atoms with van der Waals surface area (Å²) in [5.74, 6) is -0.389. The van der Waals surface area contributed by atoms with Gasteiger partial charge in [-0.25, -0.2) is 0 Å².